The molecule has 1 amide bonds. The molecule has 14 heteroatoms. The van der Waals surface area contributed by atoms with E-state index in [1.807, 2.05) is 0 Å². The van der Waals surface area contributed by atoms with Crippen LogP contribution in [0.3, 0.4) is 0 Å². The van der Waals surface area contributed by atoms with Gasteiger partial charge in [-0.25, -0.2) is 4.18 Å². The molecule has 13 nitrogen and oxygen atoms in total. The van der Waals surface area contributed by atoms with Crippen molar-refractivity contribution in [3.8, 4) is 0 Å². The number of aliphatic hydroxyl groups is 5. The summed E-state index contributed by atoms with van der Waals surface area (Å²) in [5.74, 6) is -0.716. The van der Waals surface area contributed by atoms with Crippen LogP contribution in [0.5, 0.6) is 0 Å². The maximum atomic E-state index is 13.0. The molecule has 0 saturated carbocycles. The highest BCUT2D eigenvalue weighted by atomic mass is 32.3. The van der Waals surface area contributed by atoms with E-state index < -0.39 is 78.5 Å². The second-order valence-electron chi connectivity index (χ2n) is 14.4. The Kier molecular flexibility index (Phi) is 28.7. The van der Waals surface area contributed by atoms with Crippen LogP contribution in [0, 0.1) is 0 Å². The predicted molar refractivity (Wildman–Crippen MR) is 205 cm³/mol. The number of unbranched alkanes of at least 4 members (excludes halogenated alkanes) is 18. The smallest absolute Gasteiger partial charge is 0.394 e. The number of ether oxygens (including phenoxy) is 2. The van der Waals surface area contributed by atoms with Gasteiger partial charge in [0.05, 0.1) is 25.4 Å². The third-order valence-corrected chi connectivity index (χ3v) is 10.1. The minimum atomic E-state index is -5.11. The van der Waals surface area contributed by atoms with Crippen LogP contribution in [0.1, 0.15) is 155 Å². The van der Waals surface area contributed by atoms with E-state index in [4.69, 9.17) is 14.0 Å². The first-order chi connectivity index (χ1) is 25.4. The first-order valence-corrected chi connectivity index (χ1v) is 21.7. The molecule has 1 aliphatic rings. The summed E-state index contributed by atoms with van der Waals surface area (Å²) < 4.78 is 47.2. The molecular weight excluding hydrogens is 706 g/mol. The van der Waals surface area contributed by atoms with Gasteiger partial charge in [0.2, 0.25) is 5.91 Å². The van der Waals surface area contributed by atoms with Crippen LogP contribution in [-0.2, 0) is 28.9 Å². The van der Waals surface area contributed by atoms with E-state index >= 15 is 0 Å². The van der Waals surface area contributed by atoms with E-state index in [9.17, 15) is 38.7 Å². The SMILES string of the molecule is CCCC/C=C/CC/C=C/C(O)C(COC1OC(CO)C(O)C(OS(=O)(=O)O)C1O)NC(=O)C(O)CCCCCCCCCCCCCCCCCC. The Morgan fingerprint density at radius 1 is 0.755 bits per heavy atom. The van der Waals surface area contributed by atoms with E-state index in [-0.39, 0.29) is 6.42 Å². The summed E-state index contributed by atoms with van der Waals surface area (Å²) in [7, 11) is -5.11. The molecular formula is C39H73NO12S. The molecule has 0 aromatic heterocycles. The Balaban J connectivity index is 2.60. The summed E-state index contributed by atoms with van der Waals surface area (Å²) >= 11 is 0. The lowest BCUT2D eigenvalue weighted by atomic mass is 9.99. The van der Waals surface area contributed by atoms with E-state index in [1.165, 1.54) is 83.1 Å². The molecule has 1 rings (SSSR count). The maximum absolute atomic E-state index is 13.0. The van der Waals surface area contributed by atoms with Crippen LogP contribution >= 0.6 is 0 Å². The zero-order valence-electron chi connectivity index (χ0n) is 32.4. The minimum Gasteiger partial charge on any atom is -0.394 e. The average Bonchev–Trinajstić information content (AvgIpc) is 3.12. The standard InChI is InChI=1S/C39H73NO12S/c1-3-5-7-9-11-13-14-15-16-17-18-19-20-22-24-26-28-33(43)38(46)40-31(32(42)27-25-23-21-12-10-8-6-4-2)30-50-39-36(45)37(52-53(47,48)49)35(44)34(29-41)51-39/h10,12,25,27,31-37,39,41-45H,3-9,11,13-24,26,28-30H2,1-2H3,(H,40,46)(H,47,48,49)/b12-10+,27-25+. The van der Waals surface area contributed by atoms with Gasteiger partial charge < -0.3 is 40.3 Å². The molecule has 0 spiro atoms. The minimum absolute atomic E-state index is 0.239. The first-order valence-electron chi connectivity index (χ1n) is 20.3. The van der Waals surface area contributed by atoms with Crippen LogP contribution in [-0.4, -0.2) is 107 Å². The summed E-state index contributed by atoms with van der Waals surface area (Å²) in [5, 5.41) is 54.7. The number of hydrogen-bond donors (Lipinski definition) is 7. The summed E-state index contributed by atoms with van der Waals surface area (Å²) in [6, 6.07) is -1.13. The normalized spacial score (nSPS) is 22.8. The molecule has 0 radical (unpaired) electrons. The average molecular weight is 780 g/mol. The second-order valence-corrected chi connectivity index (χ2v) is 15.4. The van der Waals surface area contributed by atoms with Crippen molar-refractivity contribution < 1.29 is 57.0 Å². The van der Waals surface area contributed by atoms with Crippen molar-refractivity contribution in [2.45, 2.75) is 204 Å². The zero-order chi connectivity index (χ0) is 39.3. The molecule has 0 aromatic rings. The molecule has 8 unspecified atom stereocenters. The molecule has 1 saturated heterocycles. The Hall–Kier alpha value is -1.46. The van der Waals surface area contributed by atoms with Gasteiger partial charge in [-0.1, -0.05) is 154 Å². The van der Waals surface area contributed by atoms with Gasteiger partial charge in [0.15, 0.2) is 6.29 Å². The van der Waals surface area contributed by atoms with Crippen LogP contribution in [0.25, 0.3) is 0 Å². The van der Waals surface area contributed by atoms with Crippen LogP contribution in [0.2, 0.25) is 0 Å². The number of nitrogens with one attached hydrogen (secondary N) is 1. The van der Waals surface area contributed by atoms with Gasteiger partial charge >= 0.3 is 10.4 Å². The van der Waals surface area contributed by atoms with Crippen LogP contribution < -0.4 is 5.32 Å². The Morgan fingerprint density at radius 2 is 1.26 bits per heavy atom. The van der Waals surface area contributed by atoms with Crippen molar-refractivity contribution in [3.63, 3.8) is 0 Å². The van der Waals surface area contributed by atoms with E-state index in [1.54, 1.807) is 6.08 Å². The van der Waals surface area contributed by atoms with Crippen molar-refractivity contribution in [1.82, 2.24) is 5.32 Å². The van der Waals surface area contributed by atoms with Gasteiger partial charge in [-0.15, -0.1) is 0 Å². The van der Waals surface area contributed by atoms with Crippen molar-refractivity contribution in [1.29, 1.82) is 0 Å². The van der Waals surface area contributed by atoms with Gasteiger partial charge in [-0.05, 0) is 25.7 Å². The lowest BCUT2D eigenvalue weighted by Gasteiger charge is -2.41. The van der Waals surface area contributed by atoms with Crippen LogP contribution in [0.4, 0.5) is 0 Å². The number of hydrogen-bond acceptors (Lipinski definition) is 11. The number of carbonyl (C=O) groups excluding carboxylic acids is 1. The van der Waals surface area contributed by atoms with E-state index in [2.05, 4.69) is 35.5 Å². The molecule has 1 fully saturated rings. The molecule has 0 aromatic carbocycles. The Morgan fingerprint density at radius 3 is 1.79 bits per heavy atom. The fourth-order valence-electron chi connectivity index (χ4n) is 6.28. The number of allylic oxidation sites excluding steroid dienone is 3. The molecule has 0 bridgehead atoms. The Labute approximate surface area is 319 Å². The number of aliphatic hydroxyl groups excluding tert-OH is 5. The highest BCUT2D eigenvalue weighted by Gasteiger charge is 2.48. The monoisotopic (exact) mass is 779 g/mol. The highest BCUT2D eigenvalue weighted by molar-refractivity contribution is 7.80. The van der Waals surface area contributed by atoms with Crippen LogP contribution in [0.15, 0.2) is 24.3 Å². The largest absolute Gasteiger partial charge is 0.397 e. The van der Waals surface area contributed by atoms with Crippen molar-refractivity contribution in [2.24, 2.45) is 0 Å². The molecule has 8 atom stereocenters. The topological polar surface area (TPSA) is 212 Å². The lowest BCUT2D eigenvalue weighted by Crippen LogP contribution is -2.61. The summed E-state index contributed by atoms with van der Waals surface area (Å²) in [4.78, 5) is 13.0. The van der Waals surface area contributed by atoms with Crippen molar-refractivity contribution in [3.05, 3.63) is 24.3 Å². The van der Waals surface area contributed by atoms with Crippen molar-refractivity contribution >= 4 is 16.3 Å². The quantitative estimate of drug-likeness (QED) is 0.0248. The van der Waals surface area contributed by atoms with Gasteiger partial charge in [-0.2, -0.15) is 8.42 Å². The van der Waals surface area contributed by atoms with Gasteiger partial charge in [0.1, 0.15) is 30.5 Å². The van der Waals surface area contributed by atoms with Gasteiger partial charge in [0, 0.05) is 0 Å². The molecule has 7 N–H and O–H groups in total. The summed E-state index contributed by atoms with van der Waals surface area (Å²) in [6.45, 7) is 3.09. The third kappa shape index (κ3) is 23.9. The first kappa shape index (κ1) is 49.6. The Bertz CT molecular complexity index is 1070. The zero-order valence-corrected chi connectivity index (χ0v) is 33.3. The predicted octanol–water partition coefficient (Wildman–Crippen LogP) is 5.57. The number of carbonyl (C=O) groups is 1. The molecule has 1 heterocycles. The van der Waals surface area contributed by atoms with Gasteiger partial charge in [-0.3, -0.25) is 9.35 Å². The third-order valence-electron chi connectivity index (χ3n) is 9.59. The second kappa shape index (κ2) is 30.7. The fraction of sp³-hybridized carbons (Fsp3) is 0.872. The van der Waals surface area contributed by atoms with E-state index in [0.717, 1.165) is 44.9 Å². The molecule has 0 aliphatic carbocycles. The van der Waals surface area contributed by atoms with Gasteiger partial charge in [0.25, 0.3) is 0 Å². The molecule has 312 valence electrons. The number of rotatable bonds is 33. The van der Waals surface area contributed by atoms with Crippen molar-refractivity contribution in [2.75, 3.05) is 13.2 Å². The fourth-order valence-corrected chi connectivity index (χ4v) is 6.79. The maximum Gasteiger partial charge on any atom is 0.397 e. The lowest BCUT2D eigenvalue weighted by molar-refractivity contribution is -0.298. The summed E-state index contributed by atoms with van der Waals surface area (Å²) in [6.07, 6.45) is 20.2. The number of amides is 1. The molecule has 1 aliphatic heterocycles. The molecule has 53 heavy (non-hydrogen) atoms. The summed E-state index contributed by atoms with van der Waals surface area (Å²) in [5.41, 5.74) is 0. The highest BCUT2D eigenvalue weighted by Crippen LogP contribution is 2.26. The van der Waals surface area contributed by atoms with E-state index in [0.29, 0.717) is 12.8 Å².